The number of nitrogens with one attached hydrogen (secondary N) is 2. The van der Waals surface area contributed by atoms with Gasteiger partial charge in [0.15, 0.2) is 10.2 Å². The highest BCUT2D eigenvalue weighted by atomic mass is 35.5. The molecule has 6 nitrogen and oxygen atoms in total. The first kappa shape index (κ1) is 18.1. The summed E-state index contributed by atoms with van der Waals surface area (Å²) in [5.41, 5.74) is 2.01. The monoisotopic (exact) mass is 405 g/mol. The molecule has 0 bridgehead atoms. The van der Waals surface area contributed by atoms with Crippen LogP contribution in [0.15, 0.2) is 47.8 Å². The number of hydrogen-bond donors (Lipinski definition) is 4. The highest BCUT2D eigenvalue weighted by Gasteiger charge is 2.11. The fraction of sp³-hybridized carbons (Fsp3) is 0. The summed E-state index contributed by atoms with van der Waals surface area (Å²) in [6, 6.07) is 11.4. The van der Waals surface area contributed by atoms with Crippen LogP contribution in [-0.4, -0.2) is 26.3 Å². The molecule has 0 unspecified atom stereocenters. The van der Waals surface area contributed by atoms with Crippen LogP contribution in [0.5, 0.6) is 5.75 Å². The molecule has 1 heterocycles. The van der Waals surface area contributed by atoms with Gasteiger partial charge in [0.1, 0.15) is 11.3 Å². The molecule has 26 heavy (non-hydrogen) atoms. The molecule has 4 N–H and O–H groups in total. The van der Waals surface area contributed by atoms with Crippen molar-refractivity contribution in [2.75, 3.05) is 10.6 Å². The van der Waals surface area contributed by atoms with Crippen LogP contribution in [0.2, 0.25) is 5.02 Å². The largest absolute Gasteiger partial charge is 0.507 e. The first-order valence-electron chi connectivity index (χ1n) is 7.28. The van der Waals surface area contributed by atoms with Crippen LogP contribution in [0, 0.1) is 0 Å². The van der Waals surface area contributed by atoms with Crippen molar-refractivity contribution in [2.45, 2.75) is 0 Å². The minimum atomic E-state index is -1.20. The van der Waals surface area contributed by atoms with E-state index in [2.05, 4.69) is 15.6 Å². The SMILES string of the molecule is O=C(O)c1ccc(NC(=S)Nc2nc(-c3ccc(Cl)cc3)cs2)cc1O. The number of aromatic hydroxyl groups is 1. The topological polar surface area (TPSA) is 94.5 Å². The van der Waals surface area contributed by atoms with Crippen molar-refractivity contribution in [3.05, 3.63) is 58.4 Å². The van der Waals surface area contributed by atoms with Gasteiger partial charge in [0.05, 0.1) is 5.69 Å². The number of nitrogens with zero attached hydrogens (tertiary/aromatic N) is 1. The van der Waals surface area contributed by atoms with Crippen LogP contribution in [0.4, 0.5) is 10.8 Å². The van der Waals surface area contributed by atoms with E-state index in [0.717, 1.165) is 11.3 Å². The van der Waals surface area contributed by atoms with Gasteiger partial charge < -0.3 is 20.8 Å². The molecule has 0 amide bonds. The van der Waals surface area contributed by atoms with Crippen LogP contribution in [-0.2, 0) is 0 Å². The summed E-state index contributed by atoms with van der Waals surface area (Å²) < 4.78 is 0. The number of thiazole rings is 1. The summed E-state index contributed by atoms with van der Waals surface area (Å²) in [5, 5.41) is 27.9. The summed E-state index contributed by atoms with van der Waals surface area (Å²) in [7, 11) is 0. The van der Waals surface area contributed by atoms with Gasteiger partial charge in [-0.05, 0) is 36.5 Å². The van der Waals surface area contributed by atoms with Crippen molar-refractivity contribution in [2.24, 2.45) is 0 Å². The molecule has 9 heteroatoms. The van der Waals surface area contributed by atoms with Crippen LogP contribution >= 0.6 is 35.2 Å². The number of carbonyl (C=O) groups is 1. The molecule has 3 rings (SSSR count). The molecule has 0 atom stereocenters. The Balaban J connectivity index is 1.66. The van der Waals surface area contributed by atoms with Crippen molar-refractivity contribution >= 4 is 57.1 Å². The molecule has 132 valence electrons. The smallest absolute Gasteiger partial charge is 0.339 e. The van der Waals surface area contributed by atoms with E-state index in [0.29, 0.717) is 15.8 Å². The fourth-order valence-corrected chi connectivity index (χ4v) is 3.26. The van der Waals surface area contributed by atoms with E-state index in [4.69, 9.17) is 28.9 Å². The molecule has 2 aromatic carbocycles. The number of aromatic nitrogens is 1. The molecule has 3 aromatic rings. The van der Waals surface area contributed by atoms with Gasteiger partial charge in [0.2, 0.25) is 0 Å². The molecule has 0 radical (unpaired) electrons. The minimum absolute atomic E-state index is 0.179. The summed E-state index contributed by atoms with van der Waals surface area (Å²) in [6.45, 7) is 0. The summed E-state index contributed by atoms with van der Waals surface area (Å²) in [6.07, 6.45) is 0. The molecule has 0 saturated heterocycles. The number of anilines is 2. The average molecular weight is 406 g/mol. The van der Waals surface area contributed by atoms with Gasteiger partial charge >= 0.3 is 5.97 Å². The van der Waals surface area contributed by atoms with E-state index >= 15 is 0 Å². The molecule has 0 aliphatic carbocycles. The standard InChI is InChI=1S/C17H12ClN3O3S2/c18-10-3-1-9(2-4-10)13-8-26-17(20-13)21-16(25)19-11-5-6-12(15(23)24)14(22)7-11/h1-8,22H,(H,23,24)(H2,19,20,21,25). The Labute approximate surface area is 163 Å². The van der Waals surface area contributed by atoms with Gasteiger partial charge in [-0.2, -0.15) is 0 Å². The molecular weight excluding hydrogens is 394 g/mol. The Morgan fingerprint density at radius 1 is 1.15 bits per heavy atom. The zero-order valence-corrected chi connectivity index (χ0v) is 15.5. The normalized spacial score (nSPS) is 10.3. The molecule has 0 saturated carbocycles. The number of aromatic carboxylic acids is 1. The van der Waals surface area contributed by atoms with Gasteiger partial charge in [-0.15, -0.1) is 11.3 Å². The van der Waals surface area contributed by atoms with Gasteiger partial charge in [-0.25, -0.2) is 9.78 Å². The van der Waals surface area contributed by atoms with E-state index < -0.39 is 5.97 Å². The lowest BCUT2D eigenvalue weighted by Gasteiger charge is -2.09. The van der Waals surface area contributed by atoms with Crippen molar-refractivity contribution < 1.29 is 15.0 Å². The molecule has 1 aromatic heterocycles. The van der Waals surface area contributed by atoms with E-state index in [1.165, 1.54) is 29.5 Å². The Kier molecular flexibility index (Phi) is 5.36. The number of benzene rings is 2. The minimum Gasteiger partial charge on any atom is -0.507 e. The van der Waals surface area contributed by atoms with Crippen molar-refractivity contribution in [3.8, 4) is 17.0 Å². The first-order valence-corrected chi connectivity index (χ1v) is 8.95. The maximum absolute atomic E-state index is 10.9. The first-order chi connectivity index (χ1) is 12.4. The zero-order chi connectivity index (χ0) is 18.7. The van der Waals surface area contributed by atoms with Gasteiger partial charge in [-0.3, -0.25) is 0 Å². The lowest BCUT2D eigenvalue weighted by molar-refractivity contribution is 0.0694. The summed E-state index contributed by atoms with van der Waals surface area (Å²) in [4.78, 5) is 15.4. The third kappa shape index (κ3) is 4.29. The van der Waals surface area contributed by atoms with E-state index in [-0.39, 0.29) is 16.4 Å². The lowest BCUT2D eigenvalue weighted by atomic mass is 10.2. The molecular formula is C17H12ClN3O3S2. The van der Waals surface area contributed by atoms with Gasteiger partial charge in [0, 0.05) is 27.7 Å². The Bertz CT molecular complexity index is 974. The second-order valence-electron chi connectivity index (χ2n) is 5.16. The highest BCUT2D eigenvalue weighted by molar-refractivity contribution is 7.80. The predicted octanol–water partition coefficient (Wildman–Crippen LogP) is 4.68. The van der Waals surface area contributed by atoms with E-state index in [1.54, 1.807) is 12.1 Å². The number of carboxylic acid groups (broad SMARTS) is 1. The average Bonchev–Trinajstić information content (AvgIpc) is 3.03. The third-order valence-electron chi connectivity index (χ3n) is 3.35. The van der Waals surface area contributed by atoms with Crippen LogP contribution < -0.4 is 10.6 Å². The number of carboxylic acids is 1. The van der Waals surface area contributed by atoms with Crippen molar-refractivity contribution in [1.82, 2.24) is 4.98 Å². The van der Waals surface area contributed by atoms with E-state index in [1.807, 2.05) is 17.5 Å². The number of rotatable bonds is 4. The summed E-state index contributed by atoms with van der Waals surface area (Å²) >= 11 is 12.5. The highest BCUT2D eigenvalue weighted by Crippen LogP contribution is 2.26. The molecule has 0 spiro atoms. The summed E-state index contributed by atoms with van der Waals surface area (Å²) in [5.74, 6) is -1.54. The quantitative estimate of drug-likeness (QED) is 0.468. The second kappa shape index (κ2) is 7.69. The zero-order valence-electron chi connectivity index (χ0n) is 13.1. The Morgan fingerprint density at radius 2 is 1.88 bits per heavy atom. The van der Waals surface area contributed by atoms with Crippen molar-refractivity contribution in [1.29, 1.82) is 0 Å². The molecule has 0 aliphatic heterocycles. The maximum atomic E-state index is 10.9. The van der Waals surface area contributed by atoms with Crippen LogP contribution in [0.3, 0.4) is 0 Å². The predicted molar refractivity (Wildman–Crippen MR) is 107 cm³/mol. The fourth-order valence-electron chi connectivity index (χ4n) is 2.13. The second-order valence-corrected chi connectivity index (χ2v) is 6.86. The number of thiocarbonyl (C=S) groups is 1. The number of halogens is 1. The molecule has 0 aliphatic rings. The number of phenols is 1. The third-order valence-corrected chi connectivity index (χ3v) is 4.56. The van der Waals surface area contributed by atoms with Crippen molar-refractivity contribution in [3.63, 3.8) is 0 Å². The Morgan fingerprint density at radius 3 is 2.54 bits per heavy atom. The number of hydrogen-bond acceptors (Lipinski definition) is 5. The maximum Gasteiger partial charge on any atom is 0.339 e. The van der Waals surface area contributed by atoms with Gasteiger partial charge in [-0.1, -0.05) is 23.7 Å². The van der Waals surface area contributed by atoms with Crippen LogP contribution in [0.25, 0.3) is 11.3 Å². The molecule has 0 fully saturated rings. The Hall–Kier alpha value is -2.68. The van der Waals surface area contributed by atoms with E-state index in [9.17, 15) is 9.90 Å². The lowest BCUT2D eigenvalue weighted by Crippen LogP contribution is -2.19. The van der Waals surface area contributed by atoms with Gasteiger partial charge in [0.25, 0.3) is 0 Å². The van der Waals surface area contributed by atoms with Crippen LogP contribution in [0.1, 0.15) is 10.4 Å².